The molecule has 1 aromatic rings. The van der Waals surface area contributed by atoms with Gasteiger partial charge in [0.25, 0.3) is 0 Å². The summed E-state index contributed by atoms with van der Waals surface area (Å²) in [5.41, 5.74) is 2.28. The van der Waals surface area contributed by atoms with Gasteiger partial charge in [0.15, 0.2) is 0 Å². The third-order valence-electron chi connectivity index (χ3n) is 3.09. The topological polar surface area (TPSA) is 29.5 Å². The predicted octanol–water partition coefficient (Wildman–Crippen LogP) is 2.80. The number of hydrogen-bond donors (Lipinski definition) is 1. The van der Waals surface area contributed by atoms with Crippen LogP contribution in [0.25, 0.3) is 0 Å². The Morgan fingerprint density at radius 2 is 2.20 bits per heavy atom. The van der Waals surface area contributed by atoms with Crippen molar-refractivity contribution in [3.05, 3.63) is 29.3 Å². The Labute approximate surface area is 90.9 Å². The molecule has 1 N–H and O–H groups in total. The summed E-state index contributed by atoms with van der Waals surface area (Å²) in [5.74, 6) is 0.965. The first kappa shape index (κ1) is 10.5. The van der Waals surface area contributed by atoms with Crippen molar-refractivity contribution >= 4 is 0 Å². The van der Waals surface area contributed by atoms with Crippen LogP contribution >= 0.6 is 0 Å². The van der Waals surface area contributed by atoms with E-state index in [4.69, 9.17) is 4.74 Å². The highest BCUT2D eigenvalue weighted by molar-refractivity contribution is 5.45. The lowest BCUT2D eigenvalue weighted by Crippen LogP contribution is -2.18. The van der Waals surface area contributed by atoms with Crippen LogP contribution in [0.15, 0.2) is 18.2 Å². The molecule has 0 saturated heterocycles. The molecular weight excluding hydrogens is 188 g/mol. The molecule has 1 aliphatic rings. The van der Waals surface area contributed by atoms with Crippen LogP contribution in [-0.4, -0.2) is 11.7 Å². The zero-order valence-electron chi connectivity index (χ0n) is 9.58. The molecular formula is C13H18O2. The minimum atomic E-state index is -0.355. The first-order chi connectivity index (χ1) is 7.04. The number of fused-ring (bicyclic) bond motifs is 1. The molecule has 2 heteroatoms. The maximum Gasteiger partial charge on any atom is 0.123 e. The fraction of sp³-hybridized carbons (Fsp3) is 0.538. The molecule has 0 bridgehead atoms. The van der Waals surface area contributed by atoms with Crippen LogP contribution in [0.1, 0.15) is 44.4 Å². The zero-order valence-corrected chi connectivity index (χ0v) is 9.58. The number of benzene rings is 1. The quantitative estimate of drug-likeness (QED) is 0.806. The molecule has 1 aliphatic heterocycles. The number of hydrogen-bond acceptors (Lipinski definition) is 2. The molecule has 0 spiro atoms. The van der Waals surface area contributed by atoms with Crippen molar-refractivity contribution in [1.82, 2.24) is 0 Å². The SMILES string of the molecule is CCC(O)c1ccc2c(c1)C(C)(C)CO2. The number of aliphatic hydroxyl groups is 1. The van der Waals surface area contributed by atoms with Crippen molar-refractivity contribution in [2.45, 2.75) is 38.7 Å². The van der Waals surface area contributed by atoms with E-state index in [0.29, 0.717) is 0 Å². The molecule has 2 nitrogen and oxygen atoms in total. The van der Waals surface area contributed by atoms with Gasteiger partial charge in [-0.3, -0.25) is 0 Å². The fourth-order valence-electron chi connectivity index (χ4n) is 1.98. The van der Waals surface area contributed by atoms with Crippen molar-refractivity contribution in [1.29, 1.82) is 0 Å². The van der Waals surface area contributed by atoms with Gasteiger partial charge >= 0.3 is 0 Å². The van der Waals surface area contributed by atoms with E-state index >= 15 is 0 Å². The lowest BCUT2D eigenvalue weighted by atomic mass is 9.85. The van der Waals surface area contributed by atoms with Crippen LogP contribution in [-0.2, 0) is 5.41 Å². The van der Waals surface area contributed by atoms with Crippen molar-refractivity contribution in [3.8, 4) is 5.75 Å². The highest BCUT2D eigenvalue weighted by atomic mass is 16.5. The molecule has 2 rings (SSSR count). The molecule has 0 radical (unpaired) electrons. The van der Waals surface area contributed by atoms with Gasteiger partial charge in [0.05, 0.1) is 12.7 Å². The van der Waals surface area contributed by atoms with Crippen molar-refractivity contribution in [2.75, 3.05) is 6.61 Å². The summed E-state index contributed by atoms with van der Waals surface area (Å²) in [4.78, 5) is 0. The monoisotopic (exact) mass is 206 g/mol. The standard InChI is InChI=1S/C13H18O2/c1-4-11(14)9-5-6-12-10(7-9)13(2,3)8-15-12/h5-7,11,14H,4,8H2,1-3H3. The molecule has 0 aromatic heterocycles. The van der Waals surface area contributed by atoms with Crippen molar-refractivity contribution < 1.29 is 9.84 Å². The summed E-state index contributed by atoms with van der Waals surface area (Å²) in [5, 5.41) is 9.79. The molecule has 15 heavy (non-hydrogen) atoms. The summed E-state index contributed by atoms with van der Waals surface area (Å²) in [7, 11) is 0. The van der Waals surface area contributed by atoms with Gasteiger partial charge in [-0.25, -0.2) is 0 Å². The van der Waals surface area contributed by atoms with E-state index in [1.807, 2.05) is 19.1 Å². The van der Waals surface area contributed by atoms with Gasteiger partial charge in [0.1, 0.15) is 5.75 Å². The number of rotatable bonds is 2. The lowest BCUT2D eigenvalue weighted by molar-refractivity contribution is 0.173. The van der Waals surface area contributed by atoms with Crippen LogP contribution < -0.4 is 4.74 Å². The first-order valence-corrected chi connectivity index (χ1v) is 5.50. The Hall–Kier alpha value is -1.02. The Morgan fingerprint density at radius 3 is 2.87 bits per heavy atom. The smallest absolute Gasteiger partial charge is 0.123 e. The van der Waals surface area contributed by atoms with E-state index in [2.05, 4.69) is 19.9 Å². The molecule has 0 saturated carbocycles. The van der Waals surface area contributed by atoms with E-state index < -0.39 is 0 Å². The van der Waals surface area contributed by atoms with Gasteiger partial charge in [0, 0.05) is 11.0 Å². The Morgan fingerprint density at radius 1 is 1.47 bits per heavy atom. The van der Waals surface area contributed by atoms with Gasteiger partial charge in [-0.15, -0.1) is 0 Å². The van der Waals surface area contributed by atoms with E-state index in [1.54, 1.807) is 0 Å². The minimum Gasteiger partial charge on any atom is -0.492 e. The van der Waals surface area contributed by atoms with E-state index in [9.17, 15) is 5.11 Å². The van der Waals surface area contributed by atoms with E-state index in [1.165, 1.54) is 5.56 Å². The Balaban J connectivity index is 2.41. The summed E-state index contributed by atoms with van der Waals surface area (Å²) >= 11 is 0. The molecule has 82 valence electrons. The first-order valence-electron chi connectivity index (χ1n) is 5.50. The largest absolute Gasteiger partial charge is 0.492 e. The molecule has 1 heterocycles. The second-order valence-corrected chi connectivity index (χ2v) is 4.85. The summed E-state index contributed by atoms with van der Waals surface area (Å²) in [6.45, 7) is 7.05. The number of ether oxygens (including phenoxy) is 1. The minimum absolute atomic E-state index is 0.0683. The van der Waals surface area contributed by atoms with E-state index in [-0.39, 0.29) is 11.5 Å². The van der Waals surface area contributed by atoms with Gasteiger partial charge < -0.3 is 9.84 Å². The molecule has 1 unspecified atom stereocenters. The molecule has 1 atom stereocenters. The third-order valence-corrected chi connectivity index (χ3v) is 3.09. The third kappa shape index (κ3) is 1.74. The Bertz CT molecular complexity index is 369. The van der Waals surface area contributed by atoms with Crippen LogP contribution in [0.2, 0.25) is 0 Å². The van der Waals surface area contributed by atoms with Crippen LogP contribution in [0.4, 0.5) is 0 Å². The Kier molecular flexibility index (Phi) is 2.47. The normalized spacial score (nSPS) is 19.5. The fourth-order valence-corrected chi connectivity index (χ4v) is 1.98. The van der Waals surface area contributed by atoms with Crippen molar-refractivity contribution in [3.63, 3.8) is 0 Å². The average Bonchev–Trinajstić information content (AvgIpc) is 2.53. The zero-order chi connectivity index (χ0) is 11.1. The summed E-state index contributed by atoms with van der Waals surface area (Å²) < 4.78 is 5.60. The lowest BCUT2D eigenvalue weighted by Gasteiger charge is -2.17. The van der Waals surface area contributed by atoms with Gasteiger partial charge in [-0.2, -0.15) is 0 Å². The summed E-state index contributed by atoms with van der Waals surface area (Å²) in [6.07, 6.45) is 0.395. The molecule has 0 aliphatic carbocycles. The van der Waals surface area contributed by atoms with E-state index in [0.717, 1.165) is 24.3 Å². The molecule has 1 aromatic carbocycles. The average molecular weight is 206 g/mol. The molecule has 0 fully saturated rings. The highest BCUT2D eigenvalue weighted by Crippen LogP contribution is 2.39. The van der Waals surface area contributed by atoms with Crippen LogP contribution in [0.5, 0.6) is 5.75 Å². The molecule has 0 amide bonds. The van der Waals surface area contributed by atoms with Crippen molar-refractivity contribution in [2.24, 2.45) is 0 Å². The number of aliphatic hydroxyl groups excluding tert-OH is 1. The second-order valence-electron chi connectivity index (χ2n) is 4.85. The van der Waals surface area contributed by atoms with Crippen LogP contribution in [0, 0.1) is 0 Å². The van der Waals surface area contributed by atoms with Gasteiger partial charge in [0.2, 0.25) is 0 Å². The van der Waals surface area contributed by atoms with Crippen LogP contribution in [0.3, 0.4) is 0 Å². The second kappa shape index (κ2) is 3.53. The van der Waals surface area contributed by atoms with Gasteiger partial charge in [-0.1, -0.05) is 26.8 Å². The highest BCUT2D eigenvalue weighted by Gasteiger charge is 2.32. The van der Waals surface area contributed by atoms with Gasteiger partial charge in [-0.05, 0) is 24.1 Å². The maximum absolute atomic E-state index is 9.79. The maximum atomic E-state index is 9.79. The summed E-state index contributed by atoms with van der Waals surface area (Å²) in [6, 6.07) is 6.00. The predicted molar refractivity (Wildman–Crippen MR) is 60.2 cm³/mol.